The average molecular weight is 299 g/mol. The van der Waals surface area contributed by atoms with Crippen molar-refractivity contribution < 1.29 is 4.74 Å². The van der Waals surface area contributed by atoms with Gasteiger partial charge in [-0.05, 0) is 19.9 Å². The molecule has 1 saturated heterocycles. The predicted molar refractivity (Wildman–Crippen MR) is 85.5 cm³/mol. The summed E-state index contributed by atoms with van der Waals surface area (Å²) in [6.45, 7) is 6.23. The molecule has 1 aromatic heterocycles. The third kappa shape index (κ3) is 3.43. The zero-order chi connectivity index (χ0) is 15.5. The van der Waals surface area contributed by atoms with Gasteiger partial charge < -0.3 is 4.74 Å². The second-order valence-electron chi connectivity index (χ2n) is 5.86. The lowest BCUT2D eigenvalue weighted by Gasteiger charge is -2.35. The number of morpholine rings is 1. The highest BCUT2D eigenvalue weighted by molar-refractivity contribution is 5.57. The van der Waals surface area contributed by atoms with Crippen molar-refractivity contribution in [3.8, 4) is 11.3 Å². The summed E-state index contributed by atoms with van der Waals surface area (Å²) in [5.74, 6) is 0. The fourth-order valence-electron chi connectivity index (χ4n) is 2.90. The molecule has 1 aliphatic heterocycles. The summed E-state index contributed by atoms with van der Waals surface area (Å²) in [5.41, 5.74) is 1.75. The van der Waals surface area contributed by atoms with Crippen molar-refractivity contribution in [2.45, 2.75) is 32.7 Å². The average Bonchev–Trinajstić information content (AvgIpc) is 2.49. The van der Waals surface area contributed by atoms with Gasteiger partial charge in [0.15, 0.2) is 0 Å². The first kappa shape index (κ1) is 14.9. The summed E-state index contributed by atoms with van der Waals surface area (Å²) in [5, 5.41) is 4.51. The molecule has 2 aromatic rings. The van der Waals surface area contributed by atoms with Crippen LogP contribution in [0.5, 0.6) is 0 Å². The summed E-state index contributed by atoms with van der Waals surface area (Å²) in [7, 11) is 0. The van der Waals surface area contributed by atoms with Gasteiger partial charge in [0, 0.05) is 24.7 Å². The first-order valence-corrected chi connectivity index (χ1v) is 7.63. The minimum Gasteiger partial charge on any atom is -0.373 e. The Morgan fingerprint density at radius 3 is 2.45 bits per heavy atom. The van der Waals surface area contributed by atoms with Gasteiger partial charge in [0.1, 0.15) is 0 Å². The fraction of sp³-hybridized carbons (Fsp3) is 0.412. The molecule has 0 saturated carbocycles. The Kier molecular flexibility index (Phi) is 4.36. The summed E-state index contributed by atoms with van der Waals surface area (Å²) >= 11 is 0. The number of hydrogen-bond donors (Lipinski definition) is 0. The number of rotatable bonds is 3. The molecular weight excluding hydrogens is 278 g/mol. The van der Waals surface area contributed by atoms with Gasteiger partial charge in [0.25, 0.3) is 5.56 Å². The van der Waals surface area contributed by atoms with E-state index < -0.39 is 0 Å². The lowest BCUT2D eigenvalue weighted by atomic mass is 10.1. The molecule has 1 fully saturated rings. The highest BCUT2D eigenvalue weighted by Gasteiger charge is 2.22. The van der Waals surface area contributed by atoms with E-state index in [9.17, 15) is 4.79 Å². The van der Waals surface area contributed by atoms with Gasteiger partial charge in [-0.3, -0.25) is 9.69 Å². The van der Waals surface area contributed by atoms with Crippen molar-refractivity contribution in [2.75, 3.05) is 13.1 Å². The Hall–Kier alpha value is -1.98. The van der Waals surface area contributed by atoms with Crippen molar-refractivity contribution >= 4 is 0 Å². The van der Waals surface area contributed by atoms with Crippen LogP contribution >= 0.6 is 0 Å². The minimum atomic E-state index is -0.0773. The van der Waals surface area contributed by atoms with Gasteiger partial charge in [-0.15, -0.1) is 0 Å². The van der Waals surface area contributed by atoms with Crippen LogP contribution in [0, 0.1) is 0 Å². The standard InChI is InChI=1S/C17H21N3O2/c1-13-10-19(11-14(2)22-13)12-20-17(21)9-8-16(18-20)15-6-4-3-5-7-15/h3-9,13-14H,10-12H2,1-2H3. The van der Waals surface area contributed by atoms with Crippen molar-refractivity contribution in [1.29, 1.82) is 0 Å². The molecule has 2 unspecified atom stereocenters. The molecular formula is C17H21N3O2. The monoisotopic (exact) mass is 299 g/mol. The lowest BCUT2D eigenvalue weighted by Crippen LogP contribution is -2.47. The van der Waals surface area contributed by atoms with Gasteiger partial charge >= 0.3 is 0 Å². The van der Waals surface area contributed by atoms with E-state index in [4.69, 9.17) is 4.74 Å². The number of aromatic nitrogens is 2. The minimum absolute atomic E-state index is 0.0773. The maximum absolute atomic E-state index is 12.1. The van der Waals surface area contributed by atoms with Crippen molar-refractivity contribution in [3.63, 3.8) is 0 Å². The van der Waals surface area contributed by atoms with Crippen LogP contribution in [0.1, 0.15) is 13.8 Å². The fourth-order valence-corrected chi connectivity index (χ4v) is 2.90. The van der Waals surface area contributed by atoms with E-state index in [0.29, 0.717) is 6.67 Å². The van der Waals surface area contributed by atoms with Gasteiger partial charge in [-0.25, -0.2) is 4.68 Å². The zero-order valence-electron chi connectivity index (χ0n) is 13.0. The highest BCUT2D eigenvalue weighted by Crippen LogP contribution is 2.15. The molecule has 0 spiro atoms. The topological polar surface area (TPSA) is 47.4 Å². The van der Waals surface area contributed by atoms with Crippen molar-refractivity contribution in [1.82, 2.24) is 14.7 Å². The molecule has 22 heavy (non-hydrogen) atoms. The number of hydrogen-bond acceptors (Lipinski definition) is 4. The zero-order valence-corrected chi connectivity index (χ0v) is 13.0. The Bertz CT molecular complexity index is 674. The molecule has 5 heteroatoms. The number of nitrogens with zero attached hydrogens (tertiary/aromatic N) is 3. The van der Waals surface area contributed by atoms with E-state index in [2.05, 4.69) is 23.8 Å². The van der Waals surface area contributed by atoms with Crippen LogP contribution < -0.4 is 5.56 Å². The van der Waals surface area contributed by atoms with Crippen LogP contribution in [0.4, 0.5) is 0 Å². The Morgan fingerprint density at radius 1 is 1.09 bits per heavy atom. The molecule has 0 amide bonds. The third-order valence-electron chi connectivity index (χ3n) is 3.77. The highest BCUT2D eigenvalue weighted by atomic mass is 16.5. The second-order valence-corrected chi connectivity index (χ2v) is 5.86. The molecule has 0 radical (unpaired) electrons. The summed E-state index contributed by atoms with van der Waals surface area (Å²) in [6.07, 6.45) is 0.355. The van der Waals surface area contributed by atoms with Crippen LogP contribution in [0.3, 0.4) is 0 Å². The van der Waals surface area contributed by atoms with E-state index in [1.165, 1.54) is 4.68 Å². The number of ether oxygens (including phenoxy) is 1. The summed E-state index contributed by atoms with van der Waals surface area (Å²) < 4.78 is 7.26. The van der Waals surface area contributed by atoms with E-state index >= 15 is 0 Å². The lowest BCUT2D eigenvalue weighted by molar-refractivity contribution is -0.0779. The van der Waals surface area contributed by atoms with Crippen molar-refractivity contribution in [3.05, 3.63) is 52.8 Å². The molecule has 1 aliphatic rings. The molecule has 0 aliphatic carbocycles. The molecule has 0 N–H and O–H groups in total. The summed E-state index contributed by atoms with van der Waals surface area (Å²) in [6, 6.07) is 13.3. The van der Waals surface area contributed by atoms with Gasteiger partial charge in [0.05, 0.1) is 24.6 Å². The van der Waals surface area contributed by atoms with Crippen LogP contribution in [0.2, 0.25) is 0 Å². The van der Waals surface area contributed by atoms with Crippen LogP contribution in [-0.2, 0) is 11.4 Å². The van der Waals surface area contributed by atoms with E-state index in [1.54, 1.807) is 12.1 Å². The second kappa shape index (κ2) is 6.42. The number of benzene rings is 1. The van der Waals surface area contributed by atoms with Crippen LogP contribution in [-0.4, -0.2) is 40.0 Å². The first-order valence-electron chi connectivity index (χ1n) is 7.63. The Labute approximate surface area is 130 Å². The maximum atomic E-state index is 12.1. The Balaban J connectivity index is 1.83. The van der Waals surface area contributed by atoms with Gasteiger partial charge in [-0.1, -0.05) is 30.3 Å². The van der Waals surface area contributed by atoms with E-state index in [0.717, 1.165) is 24.3 Å². The molecule has 2 heterocycles. The molecule has 116 valence electrons. The third-order valence-corrected chi connectivity index (χ3v) is 3.77. The molecule has 0 bridgehead atoms. The smallest absolute Gasteiger partial charge is 0.268 e. The normalized spacial score (nSPS) is 22.6. The van der Waals surface area contributed by atoms with Crippen LogP contribution in [0.15, 0.2) is 47.3 Å². The largest absolute Gasteiger partial charge is 0.373 e. The Morgan fingerprint density at radius 2 is 1.77 bits per heavy atom. The predicted octanol–water partition coefficient (Wildman–Crippen LogP) is 1.98. The molecule has 1 aromatic carbocycles. The maximum Gasteiger partial charge on any atom is 0.268 e. The SMILES string of the molecule is CC1CN(Cn2nc(-c3ccccc3)ccc2=O)CC(C)O1. The summed E-state index contributed by atoms with van der Waals surface area (Å²) in [4.78, 5) is 14.3. The van der Waals surface area contributed by atoms with E-state index in [-0.39, 0.29) is 17.8 Å². The van der Waals surface area contributed by atoms with Crippen LogP contribution in [0.25, 0.3) is 11.3 Å². The first-order chi connectivity index (χ1) is 10.6. The quantitative estimate of drug-likeness (QED) is 0.869. The molecule has 2 atom stereocenters. The van der Waals surface area contributed by atoms with Gasteiger partial charge in [-0.2, -0.15) is 5.10 Å². The van der Waals surface area contributed by atoms with Gasteiger partial charge in [0.2, 0.25) is 0 Å². The van der Waals surface area contributed by atoms with E-state index in [1.807, 2.05) is 30.3 Å². The van der Waals surface area contributed by atoms with Crippen molar-refractivity contribution in [2.24, 2.45) is 0 Å². The molecule has 5 nitrogen and oxygen atoms in total. The molecule has 3 rings (SSSR count).